The Morgan fingerprint density at radius 1 is 1.29 bits per heavy atom. The average molecular weight is 313 g/mol. The van der Waals surface area contributed by atoms with Crippen LogP contribution in [0.2, 0.25) is 0 Å². The second kappa shape index (κ2) is 5.34. The number of rotatable bonds is 2. The van der Waals surface area contributed by atoms with Gasteiger partial charge in [0.2, 0.25) is 0 Å². The largest absolute Gasteiger partial charge is 0.471 e. The third-order valence-corrected chi connectivity index (χ3v) is 4.73. The van der Waals surface area contributed by atoms with Crippen molar-refractivity contribution >= 4 is 34.4 Å². The first-order valence-electron chi connectivity index (χ1n) is 4.73. The van der Waals surface area contributed by atoms with E-state index in [0.717, 1.165) is 0 Å². The Bertz CT molecular complexity index is 339. The van der Waals surface area contributed by atoms with Gasteiger partial charge in [-0.05, 0) is 35.3 Å². The van der Waals surface area contributed by atoms with Gasteiger partial charge in [0.25, 0.3) is 0 Å². The molecule has 17 heavy (non-hydrogen) atoms. The Kier molecular flexibility index (Phi) is 4.74. The molecule has 1 N–H and O–H groups in total. The minimum absolute atomic E-state index is 0.188. The van der Waals surface area contributed by atoms with Crippen molar-refractivity contribution < 1.29 is 22.5 Å². The Morgan fingerprint density at radius 3 is 2.12 bits per heavy atom. The predicted octanol–water partition coefficient (Wildman–Crippen LogP) is 2.72. The summed E-state index contributed by atoms with van der Waals surface area (Å²) in [5, 5.41) is 1.86. The molecule has 1 heterocycles. The molecule has 0 aromatic heterocycles. The Labute approximate surface area is 105 Å². The van der Waals surface area contributed by atoms with Crippen LogP contribution in [0, 0.1) is 0 Å². The van der Waals surface area contributed by atoms with Gasteiger partial charge < -0.3 is 5.32 Å². The molecule has 0 bridgehead atoms. The van der Waals surface area contributed by atoms with Gasteiger partial charge in [0.15, 0.2) is 0 Å². The Morgan fingerprint density at radius 2 is 1.76 bits per heavy atom. The van der Waals surface area contributed by atoms with Crippen molar-refractivity contribution in [3.8, 4) is 0 Å². The monoisotopic (exact) mass is 312 g/mol. The fourth-order valence-electron chi connectivity index (χ4n) is 1.51. The van der Waals surface area contributed by atoms with E-state index >= 15 is 0 Å². The molecular formula is C7H10Cl2F3N2O2P. The molecule has 10 heteroatoms. The Balaban J connectivity index is 2.43. The van der Waals surface area contributed by atoms with Crippen molar-refractivity contribution in [2.24, 2.45) is 0 Å². The van der Waals surface area contributed by atoms with Crippen LogP contribution in [-0.4, -0.2) is 35.9 Å². The van der Waals surface area contributed by atoms with E-state index in [1.807, 2.05) is 5.32 Å². The number of carbonyl (C=O) groups is 1. The molecule has 0 aromatic carbocycles. The van der Waals surface area contributed by atoms with E-state index in [4.69, 9.17) is 22.5 Å². The van der Waals surface area contributed by atoms with Crippen LogP contribution in [0.5, 0.6) is 0 Å². The van der Waals surface area contributed by atoms with Gasteiger partial charge in [-0.1, -0.05) is 0 Å². The molecule has 0 radical (unpaired) electrons. The fraction of sp³-hybridized carbons (Fsp3) is 0.857. The smallest absolute Gasteiger partial charge is 0.345 e. The van der Waals surface area contributed by atoms with E-state index in [2.05, 4.69) is 0 Å². The summed E-state index contributed by atoms with van der Waals surface area (Å²) in [7, 11) is 0. The first kappa shape index (κ1) is 15.1. The second-order valence-corrected chi connectivity index (χ2v) is 8.34. The van der Waals surface area contributed by atoms with Crippen LogP contribution in [0.4, 0.5) is 13.2 Å². The molecule has 1 fully saturated rings. The van der Waals surface area contributed by atoms with Crippen molar-refractivity contribution in [3.63, 3.8) is 0 Å². The summed E-state index contributed by atoms with van der Waals surface area (Å²) >= 11 is 10.8. The number of alkyl halides is 3. The molecular weight excluding hydrogens is 303 g/mol. The van der Waals surface area contributed by atoms with E-state index in [1.54, 1.807) is 0 Å². The zero-order valence-electron chi connectivity index (χ0n) is 8.51. The van der Waals surface area contributed by atoms with Crippen molar-refractivity contribution in [2.45, 2.75) is 25.1 Å². The van der Waals surface area contributed by atoms with Crippen LogP contribution in [0.1, 0.15) is 12.8 Å². The minimum Gasteiger partial charge on any atom is -0.345 e. The van der Waals surface area contributed by atoms with E-state index in [-0.39, 0.29) is 25.9 Å². The highest BCUT2D eigenvalue weighted by molar-refractivity contribution is 8.06. The highest BCUT2D eigenvalue weighted by atomic mass is 35.9. The normalized spacial score (nSPS) is 20.3. The van der Waals surface area contributed by atoms with Crippen molar-refractivity contribution in [1.82, 2.24) is 9.99 Å². The lowest BCUT2D eigenvalue weighted by Crippen LogP contribution is -2.47. The van der Waals surface area contributed by atoms with Crippen LogP contribution in [0.15, 0.2) is 0 Å². The zero-order valence-corrected chi connectivity index (χ0v) is 10.9. The van der Waals surface area contributed by atoms with Crippen LogP contribution < -0.4 is 5.32 Å². The zero-order chi connectivity index (χ0) is 13.3. The second-order valence-electron chi connectivity index (χ2n) is 3.63. The van der Waals surface area contributed by atoms with Gasteiger partial charge in [0.1, 0.15) is 0 Å². The molecule has 1 amide bonds. The van der Waals surface area contributed by atoms with Crippen LogP contribution >= 0.6 is 28.5 Å². The number of nitrogens with one attached hydrogen (secondary N) is 1. The molecule has 0 unspecified atom stereocenters. The number of halogens is 5. The molecule has 4 nitrogen and oxygen atoms in total. The third kappa shape index (κ3) is 4.66. The standard InChI is InChI=1S/C7H10Cl2F3N2O2P/c8-17(9,16)14-3-1-5(2-4-14)13-6(15)7(10,11)12/h5H,1-4H2,(H,13,15). The number of piperidine rings is 1. The molecule has 0 atom stereocenters. The molecule has 1 saturated heterocycles. The van der Waals surface area contributed by atoms with Crippen LogP contribution in [-0.2, 0) is 9.36 Å². The summed E-state index contributed by atoms with van der Waals surface area (Å²) in [6.07, 6.45) is -4.43. The number of nitrogens with zero attached hydrogens (tertiary/aromatic N) is 1. The van der Waals surface area contributed by atoms with Gasteiger partial charge in [0.05, 0.1) is 0 Å². The molecule has 0 aromatic rings. The summed E-state index contributed by atoms with van der Waals surface area (Å²) in [6.45, 7) is 0.375. The van der Waals surface area contributed by atoms with Gasteiger partial charge in [-0.2, -0.15) is 13.2 Å². The summed E-state index contributed by atoms with van der Waals surface area (Å²) in [5.74, 6) is -5.35. The number of hydrogen-bond acceptors (Lipinski definition) is 2. The first-order chi connectivity index (χ1) is 7.60. The lowest BCUT2D eigenvalue weighted by atomic mass is 10.1. The maximum atomic E-state index is 12.0. The maximum Gasteiger partial charge on any atom is 0.471 e. The van der Waals surface area contributed by atoms with E-state index in [0.29, 0.717) is 0 Å². The molecule has 1 aliphatic heterocycles. The maximum absolute atomic E-state index is 12.0. The predicted molar refractivity (Wildman–Crippen MR) is 58.1 cm³/mol. The molecule has 0 aliphatic carbocycles. The first-order valence-corrected chi connectivity index (χ1v) is 8.20. The van der Waals surface area contributed by atoms with Crippen LogP contribution in [0.25, 0.3) is 0 Å². The molecule has 100 valence electrons. The van der Waals surface area contributed by atoms with E-state index in [1.165, 1.54) is 4.67 Å². The minimum atomic E-state index is -4.88. The van der Waals surface area contributed by atoms with Gasteiger partial charge >= 0.3 is 18.1 Å². The average Bonchev–Trinajstić information content (AvgIpc) is 2.15. The molecule has 1 rings (SSSR count). The van der Waals surface area contributed by atoms with E-state index < -0.39 is 24.1 Å². The van der Waals surface area contributed by atoms with Crippen molar-refractivity contribution in [2.75, 3.05) is 13.1 Å². The number of amides is 1. The summed E-state index contributed by atoms with van der Waals surface area (Å²) < 4.78 is 48.4. The topological polar surface area (TPSA) is 49.4 Å². The highest BCUT2D eigenvalue weighted by Gasteiger charge is 2.40. The third-order valence-electron chi connectivity index (χ3n) is 2.39. The van der Waals surface area contributed by atoms with Gasteiger partial charge in [-0.3, -0.25) is 9.36 Å². The SMILES string of the molecule is O=C(NC1CCN(P(=O)(Cl)Cl)CC1)C(F)(F)F. The van der Waals surface area contributed by atoms with Gasteiger partial charge in [-0.25, -0.2) is 4.67 Å². The fourth-order valence-corrected chi connectivity index (χ4v) is 3.11. The van der Waals surface area contributed by atoms with Crippen molar-refractivity contribution in [1.29, 1.82) is 0 Å². The van der Waals surface area contributed by atoms with Crippen LogP contribution in [0.3, 0.4) is 0 Å². The molecule has 0 spiro atoms. The lowest BCUT2D eigenvalue weighted by molar-refractivity contribution is -0.174. The van der Waals surface area contributed by atoms with Gasteiger partial charge in [-0.15, -0.1) is 0 Å². The lowest BCUT2D eigenvalue weighted by Gasteiger charge is -2.32. The van der Waals surface area contributed by atoms with E-state index in [9.17, 15) is 22.5 Å². The number of hydrogen-bond donors (Lipinski definition) is 1. The summed E-state index contributed by atoms with van der Waals surface area (Å²) in [4.78, 5) is 10.7. The highest BCUT2D eigenvalue weighted by Crippen LogP contribution is 2.60. The number of carbonyl (C=O) groups excluding carboxylic acids is 1. The quantitative estimate of drug-likeness (QED) is 0.798. The van der Waals surface area contributed by atoms with Gasteiger partial charge in [0, 0.05) is 19.1 Å². The Hall–Kier alpha value is 0.0300. The molecule has 0 saturated carbocycles. The summed E-state index contributed by atoms with van der Waals surface area (Å²) in [6, 6.07) is -0.597. The van der Waals surface area contributed by atoms with Crippen molar-refractivity contribution in [3.05, 3.63) is 0 Å². The summed E-state index contributed by atoms with van der Waals surface area (Å²) in [5.41, 5.74) is 0. The molecule has 1 aliphatic rings.